The van der Waals surface area contributed by atoms with Crippen molar-refractivity contribution in [3.05, 3.63) is 51.6 Å². The SMILES string of the molecule is Cc1ccc(NC(=O)CNc2ccccc2I)cc1S(=O)(=O)N(C)C. The Balaban J connectivity index is 2.10. The first-order chi connectivity index (χ1) is 11.7. The van der Waals surface area contributed by atoms with Crippen LogP contribution in [0.25, 0.3) is 0 Å². The van der Waals surface area contributed by atoms with Crippen molar-refractivity contribution in [2.45, 2.75) is 11.8 Å². The Morgan fingerprint density at radius 2 is 1.84 bits per heavy atom. The second-order valence-corrected chi connectivity index (χ2v) is 8.93. The average Bonchev–Trinajstić information content (AvgIpc) is 2.55. The summed E-state index contributed by atoms with van der Waals surface area (Å²) in [6.45, 7) is 1.81. The first kappa shape index (κ1) is 19.7. The van der Waals surface area contributed by atoms with Gasteiger partial charge in [-0.15, -0.1) is 0 Å². The van der Waals surface area contributed by atoms with Gasteiger partial charge in [0.15, 0.2) is 0 Å². The molecular weight excluding hydrogens is 453 g/mol. The molecule has 1 amide bonds. The van der Waals surface area contributed by atoms with Gasteiger partial charge >= 0.3 is 0 Å². The van der Waals surface area contributed by atoms with Gasteiger partial charge in [0.05, 0.1) is 11.4 Å². The molecule has 0 aliphatic rings. The Bertz CT molecular complexity index is 882. The summed E-state index contributed by atoms with van der Waals surface area (Å²) >= 11 is 2.19. The zero-order chi connectivity index (χ0) is 18.6. The standard InChI is InChI=1S/C17H20IN3O3S/c1-12-8-9-13(10-16(12)25(23,24)21(2)3)20-17(22)11-19-15-7-5-4-6-14(15)18/h4-10,19H,11H2,1-3H3,(H,20,22). The molecule has 6 nitrogen and oxygen atoms in total. The van der Waals surface area contributed by atoms with Gasteiger partial charge in [0.2, 0.25) is 15.9 Å². The van der Waals surface area contributed by atoms with Crippen LogP contribution in [0.1, 0.15) is 5.56 Å². The third kappa shape index (κ3) is 4.93. The number of hydrogen-bond acceptors (Lipinski definition) is 4. The molecule has 0 fully saturated rings. The van der Waals surface area contributed by atoms with E-state index in [1.807, 2.05) is 24.3 Å². The lowest BCUT2D eigenvalue weighted by molar-refractivity contribution is -0.114. The molecule has 0 aliphatic carbocycles. The van der Waals surface area contributed by atoms with Crippen molar-refractivity contribution in [2.24, 2.45) is 0 Å². The minimum Gasteiger partial charge on any atom is -0.375 e. The van der Waals surface area contributed by atoms with Gasteiger partial charge in [-0.05, 0) is 59.3 Å². The molecule has 0 heterocycles. The summed E-state index contributed by atoms with van der Waals surface area (Å²) in [7, 11) is -0.606. The van der Waals surface area contributed by atoms with Gasteiger partial charge in [-0.25, -0.2) is 12.7 Å². The van der Waals surface area contributed by atoms with Crippen LogP contribution < -0.4 is 10.6 Å². The molecule has 2 aromatic rings. The number of halogens is 1. The van der Waals surface area contributed by atoms with E-state index in [1.165, 1.54) is 20.2 Å². The second-order valence-electron chi connectivity index (χ2n) is 5.65. The highest BCUT2D eigenvalue weighted by molar-refractivity contribution is 14.1. The van der Waals surface area contributed by atoms with Crippen LogP contribution in [0.2, 0.25) is 0 Å². The van der Waals surface area contributed by atoms with E-state index in [9.17, 15) is 13.2 Å². The number of nitrogens with one attached hydrogen (secondary N) is 2. The summed E-state index contributed by atoms with van der Waals surface area (Å²) in [6.07, 6.45) is 0. The summed E-state index contributed by atoms with van der Waals surface area (Å²) in [5.41, 5.74) is 1.95. The Hall–Kier alpha value is -1.65. The van der Waals surface area contributed by atoms with E-state index >= 15 is 0 Å². The smallest absolute Gasteiger partial charge is 0.243 e. The number of sulfonamides is 1. The number of carbonyl (C=O) groups excluding carboxylic acids is 1. The predicted molar refractivity (Wildman–Crippen MR) is 108 cm³/mol. The summed E-state index contributed by atoms with van der Waals surface area (Å²) in [4.78, 5) is 12.3. The highest BCUT2D eigenvalue weighted by Crippen LogP contribution is 2.22. The van der Waals surface area contributed by atoms with Crippen molar-refractivity contribution in [1.29, 1.82) is 0 Å². The normalized spacial score (nSPS) is 11.4. The fraction of sp³-hybridized carbons (Fsp3) is 0.235. The molecule has 0 bridgehead atoms. The van der Waals surface area contributed by atoms with Crippen molar-refractivity contribution >= 4 is 49.9 Å². The van der Waals surface area contributed by atoms with Crippen LogP contribution in [0.5, 0.6) is 0 Å². The highest BCUT2D eigenvalue weighted by atomic mass is 127. The van der Waals surface area contributed by atoms with Crippen LogP contribution >= 0.6 is 22.6 Å². The molecule has 25 heavy (non-hydrogen) atoms. The van der Waals surface area contributed by atoms with Gasteiger partial charge in [0.25, 0.3) is 0 Å². The number of para-hydroxylation sites is 1. The van der Waals surface area contributed by atoms with E-state index in [2.05, 4.69) is 33.2 Å². The topological polar surface area (TPSA) is 78.5 Å². The molecule has 0 radical (unpaired) electrons. The van der Waals surface area contributed by atoms with Crippen LogP contribution in [0.4, 0.5) is 11.4 Å². The van der Waals surface area contributed by atoms with E-state index in [1.54, 1.807) is 19.1 Å². The number of aryl methyl sites for hydroxylation is 1. The van der Waals surface area contributed by atoms with E-state index in [4.69, 9.17) is 0 Å². The highest BCUT2D eigenvalue weighted by Gasteiger charge is 2.20. The first-order valence-corrected chi connectivity index (χ1v) is 10.0. The van der Waals surface area contributed by atoms with Crippen LogP contribution in [0, 0.1) is 10.5 Å². The molecule has 2 aromatic carbocycles. The summed E-state index contributed by atoms with van der Waals surface area (Å²) < 4.78 is 26.8. The molecule has 0 unspecified atom stereocenters. The van der Waals surface area contributed by atoms with E-state index < -0.39 is 10.0 Å². The van der Waals surface area contributed by atoms with Crippen LogP contribution in [-0.4, -0.2) is 39.3 Å². The summed E-state index contributed by atoms with van der Waals surface area (Å²) in [5, 5.41) is 5.78. The molecule has 2 N–H and O–H groups in total. The Labute approximate surface area is 161 Å². The number of anilines is 2. The van der Waals surface area contributed by atoms with E-state index in [0.717, 1.165) is 13.6 Å². The lowest BCUT2D eigenvalue weighted by Crippen LogP contribution is -2.24. The minimum absolute atomic E-state index is 0.0870. The lowest BCUT2D eigenvalue weighted by atomic mass is 10.2. The maximum absolute atomic E-state index is 12.3. The van der Waals surface area contributed by atoms with Gasteiger partial charge in [-0.3, -0.25) is 4.79 Å². The van der Waals surface area contributed by atoms with Gasteiger partial charge in [0.1, 0.15) is 0 Å². The number of rotatable bonds is 6. The summed E-state index contributed by atoms with van der Waals surface area (Å²) in [5.74, 6) is -0.253. The Kier molecular flexibility index (Phi) is 6.42. The lowest BCUT2D eigenvalue weighted by Gasteiger charge is -2.15. The average molecular weight is 473 g/mol. The fourth-order valence-corrected chi connectivity index (χ4v) is 3.86. The number of benzene rings is 2. The van der Waals surface area contributed by atoms with Gasteiger partial charge < -0.3 is 10.6 Å². The van der Waals surface area contributed by atoms with Crippen LogP contribution in [-0.2, 0) is 14.8 Å². The van der Waals surface area contributed by atoms with Gasteiger partial charge in [0, 0.05) is 29.0 Å². The Morgan fingerprint density at radius 1 is 1.16 bits per heavy atom. The summed E-state index contributed by atoms with van der Waals surface area (Å²) in [6, 6.07) is 12.5. The first-order valence-electron chi connectivity index (χ1n) is 7.53. The molecule has 0 aliphatic heterocycles. The number of hydrogen-bond donors (Lipinski definition) is 2. The Morgan fingerprint density at radius 3 is 2.48 bits per heavy atom. The maximum atomic E-state index is 12.3. The molecule has 0 spiro atoms. The molecule has 2 rings (SSSR count). The van der Waals surface area contributed by atoms with E-state index in [-0.39, 0.29) is 17.3 Å². The molecule has 0 saturated heterocycles. The zero-order valence-electron chi connectivity index (χ0n) is 14.2. The van der Waals surface area contributed by atoms with Crippen LogP contribution in [0.15, 0.2) is 47.4 Å². The third-order valence-electron chi connectivity index (χ3n) is 3.54. The molecule has 0 aromatic heterocycles. The number of carbonyl (C=O) groups is 1. The molecule has 0 saturated carbocycles. The van der Waals surface area contributed by atoms with Crippen molar-refractivity contribution in [2.75, 3.05) is 31.3 Å². The number of nitrogens with zero attached hydrogens (tertiary/aromatic N) is 1. The van der Waals surface area contributed by atoms with Crippen LogP contribution in [0.3, 0.4) is 0 Å². The van der Waals surface area contributed by atoms with Crippen molar-refractivity contribution in [3.8, 4) is 0 Å². The molecule has 0 atom stereocenters. The molecule has 134 valence electrons. The second kappa shape index (κ2) is 8.15. The maximum Gasteiger partial charge on any atom is 0.243 e. The van der Waals surface area contributed by atoms with Crippen molar-refractivity contribution < 1.29 is 13.2 Å². The monoisotopic (exact) mass is 473 g/mol. The van der Waals surface area contributed by atoms with Gasteiger partial charge in [-0.2, -0.15) is 0 Å². The minimum atomic E-state index is -3.56. The van der Waals surface area contributed by atoms with E-state index in [0.29, 0.717) is 11.3 Å². The quantitative estimate of drug-likeness (QED) is 0.633. The number of amides is 1. The van der Waals surface area contributed by atoms with Crippen molar-refractivity contribution in [3.63, 3.8) is 0 Å². The van der Waals surface area contributed by atoms with Gasteiger partial charge in [-0.1, -0.05) is 18.2 Å². The third-order valence-corrected chi connectivity index (χ3v) is 6.44. The molecule has 8 heteroatoms. The van der Waals surface area contributed by atoms with Crippen molar-refractivity contribution in [1.82, 2.24) is 4.31 Å². The largest absolute Gasteiger partial charge is 0.375 e. The zero-order valence-corrected chi connectivity index (χ0v) is 17.2. The molecular formula is C17H20IN3O3S. The predicted octanol–water partition coefficient (Wildman–Crippen LogP) is 2.90. The fourth-order valence-electron chi connectivity index (χ4n) is 2.14.